The maximum absolute atomic E-state index is 14.1. The van der Waals surface area contributed by atoms with Gasteiger partial charge in [-0.3, -0.25) is 4.79 Å². The van der Waals surface area contributed by atoms with Crippen molar-refractivity contribution in [3.63, 3.8) is 0 Å². The SMILES string of the molecule is COC(=O)c1cn(Cc2ccccc2F)c(=O)c2c1SC[C@@H]2NC(=O)OC(C)(C)C. The molecule has 0 saturated heterocycles. The molecule has 0 fully saturated rings. The van der Waals surface area contributed by atoms with Gasteiger partial charge in [0.15, 0.2) is 0 Å². The van der Waals surface area contributed by atoms with Crippen LogP contribution in [0.3, 0.4) is 0 Å². The summed E-state index contributed by atoms with van der Waals surface area (Å²) in [6.07, 6.45) is 0.715. The lowest BCUT2D eigenvalue weighted by Gasteiger charge is -2.22. The number of nitrogens with zero attached hydrogens (tertiary/aromatic N) is 1. The van der Waals surface area contributed by atoms with Crippen LogP contribution in [-0.2, 0) is 16.0 Å². The number of rotatable bonds is 4. The first-order valence-corrected chi connectivity index (χ1v) is 10.3. The summed E-state index contributed by atoms with van der Waals surface area (Å²) in [7, 11) is 1.25. The normalized spacial score (nSPS) is 15.4. The van der Waals surface area contributed by atoms with Crippen molar-refractivity contribution in [1.82, 2.24) is 9.88 Å². The first-order valence-electron chi connectivity index (χ1n) is 9.32. The minimum absolute atomic E-state index is 0.0629. The minimum atomic E-state index is -0.697. The summed E-state index contributed by atoms with van der Waals surface area (Å²) in [4.78, 5) is 38.2. The summed E-state index contributed by atoms with van der Waals surface area (Å²) < 4.78 is 25.5. The summed E-state index contributed by atoms with van der Waals surface area (Å²) in [5, 5.41) is 2.70. The van der Waals surface area contributed by atoms with Crippen LogP contribution in [0.5, 0.6) is 0 Å². The highest BCUT2D eigenvalue weighted by atomic mass is 32.2. The van der Waals surface area contributed by atoms with Gasteiger partial charge in [-0.15, -0.1) is 11.8 Å². The van der Waals surface area contributed by atoms with Crippen molar-refractivity contribution < 1.29 is 23.5 Å². The summed E-state index contributed by atoms with van der Waals surface area (Å²) in [6.45, 7) is 5.15. The van der Waals surface area contributed by atoms with Gasteiger partial charge in [-0.1, -0.05) is 18.2 Å². The molecular formula is C21H23FN2O5S. The molecule has 0 saturated carbocycles. The third-order valence-electron chi connectivity index (χ3n) is 4.40. The first-order chi connectivity index (χ1) is 14.1. The highest BCUT2D eigenvalue weighted by Crippen LogP contribution is 2.39. The summed E-state index contributed by atoms with van der Waals surface area (Å²) >= 11 is 1.28. The number of alkyl carbamates (subject to hydrolysis) is 1. The number of benzene rings is 1. The van der Waals surface area contributed by atoms with Crippen molar-refractivity contribution in [2.75, 3.05) is 12.9 Å². The lowest BCUT2D eigenvalue weighted by molar-refractivity contribution is 0.0508. The van der Waals surface area contributed by atoms with E-state index in [2.05, 4.69) is 5.32 Å². The van der Waals surface area contributed by atoms with E-state index in [1.54, 1.807) is 39.0 Å². The number of pyridine rings is 1. The molecule has 1 atom stereocenters. The van der Waals surface area contributed by atoms with E-state index < -0.39 is 35.1 Å². The van der Waals surface area contributed by atoms with E-state index in [9.17, 15) is 18.8 Å². The Morgan fingerprint density at radius 1 is 1.30 bits per heavy atom. The van der Waals surface area contributed by atoms with Crippen LogP contribution in [0.1, 0.15) is 48.3 Å². The molecular weight excluding hydrogens is 411 g/mol. The molecule has 3 rings (SSSR count). The maximum Gasteiger partial charge on any atom is 0.408 e. The van der Waals surface area contributed by atoms with Crippen LogP contribution in [0, 0.1) is 5.82 Å². The average Bonchev–Trinajstić information content (AvgIpc) is 3.07. The van der Waals surface area contributed by atoms with Crippen molar-refractivity contribution >= 4 is 23.8 Å². The molecule has 2 heterocycles. The van der Waals surface area contributed by atoms with E-state index in [0.717, 1.165) is 0 Å². The Morgan fingerprint density at radius 3 is 2.63 bits per heavy atom. The molecule has 160 valence electrons. The van der Waals surface area contributed by atoms with Crippen LogP contribution >= 0.6 is 11.8 Å². The van der Waals surface area contributed by atoms with Gasteiger partial charge >= 0.3 is 12.1 Å². The number of carbonyl (C=O) groups excluding carboxylic acids is 2. The predicted octanol–water partition coefficient (Wildman–Crippen LogP) is 3.49. The number of nitrogens with one attached hydrogen (secondary N) is 1. The molecule has 2 aromatic rings. The molecule has 0 bridgehead atoms. The highest BCUT2D eigenvalue weighted by Gasteiger charge is 2.34. The summed E-state index contributed by atoms with van der Waals surface area (Å²) in [5.74, 6) is -0.710. The molecule has 0 unspecified atom stereocenters. The van der Waals surface area contributed by atoms with E-state index in [4.69, 9.17) is 9.47 Å². The average molecular weight is 434 g/mol. The second kappa shape index (κ2) is 8.51. The fourth-order valence-electron chi connectivity index (χ4n) is 3.13. The fourth-order valence-corrected chi connectivity index (χ4v) is 4.39. The third-order valence-corrected chi connectivity index (χ3v) is 5.63. The lowest BCUT2D eigenvalue weighted by atomic mass is 10.1. The number of esters is 1. The van der Waals surface area contributed by atoms with Gasteiger partial charge in [0.25, 0.3) is 5.56 Å². The first kappa shape index (κ1) is 21.9. The van der Waals surface area contributed by atoms with Crippen LogP contribution in [0.25, 0.3) is 0 Å². The quantitative estimate of drug-likeness (QED) is 0.742. The van der Waals surface area contributed by atoms with E-state index in [-0.39, 0.29) is 17.7 Å². The van der Waals surface area contributed by atoms with E-state index in [0.29, 0.717) is 16.2 Å². The van der Waals surface area contributed by atoms with Crippen LogP contribution < -0.4 is 10.9 Å². The zero-order valence-corrected chi connectivity index (χ0v) is 18.0. The molecule has 1 aliphatic rings. The van der Waals surface area contributed by atoms with Gasteiger partial charge in [0.1, 0.15) is 11.4 Å². The Morgan fingerprint density at radius 2 is 2.00 bits per heavy atom. The lowest BCUT2D eigenvalue weighted by Crippen LogP contribution is -2.38. The molecule has 1 amide bonds. The maximum atomic E-state index is 14.1. The molecule has 0 radical (unpaired) electrons. The summed E-state index contributed by atoms with van der Waals surface area (Å²) in [6, 6.07) is 5.45. The largest absolute Gasteiger partial charge is 0.465 e. The number of ether oxygens (including phenoxy) is 2. The van der Waals surface area contributed by atoms with Crippen LogP contribution in [0.2, 0.25) is 0 Å². The third kappa shape index (κ3) is 4.67. The zero-order chi connectivity index (χ0) is 22.1. The van der Waals surface area contributed by atoms with Crippen LogP contribution in [0.15, 0.2) is 40.2 Å². The molecule has 1 aromatic heterocycles. The number of hydrogen-bond donors (Lipinski definition) is 1. The number of carbonyl (C=O) groups is 2. The van der Waals surface area contributed by atoms with Gasteiger partial charge in [0, 0.05) is 22.4 Å². The van der Waals surface area contributed by atoms with E-state index in [1.165, 1.54) is 35.7 Å². The monoisotopic (exact) mass is 434 g/mol. The van der Waals surface area contributed by atoms with Crippen molar-refractivity contribution in [3.05, 3.63) is 63.3 Å². The van der Waals surface area contributed by atoms with Gasteiger partial charge in [-0.25, -0.2) is 14.0 Å². The summed E-state index contributed by atoms with van der Waals surface area (Å²) in [5.41, 5.74) is -0.339. The Kier molecular flexibility index (Phi) is 6.21. The molecule has 0 aliphatic carbocycles. The predicted molar refractivity (Wildman–Crippen MR) is 110 cm³/mol. The number of methoxy groups -OCH3 is 1. The van der Waals surface area contributed by atoms with Gasteiger partial charge in [-0.05, 0) is 26.8 Å². The number of amides is 1. The second-order valence-corrected chi connectivity index (χ2v) is 8.84. The Hall–Kier alpha value is -2.81. The van der Waals surface area contributed by atoms with Crippen LogP contribution in [0.4, 0.5) is 9.18 Å². The van der Waals surface area contributed by atoms with Gasteiger partial charge < -0.3 is 19.4 Å². The smallest absolute Gasteiger partial charge is 0.408 e. The number of halogens is 1. The number of thioether (sulfide) groups is 1. The molecule has 0 spiro atoms. The van der Waals surface area contributed by atoms with E-state index >= 15 is 0 Å². The van der Waals surface area contributed by atoms with Gasteiger partial charge in [-0.2, -0.15) is 0 Å². The number of hydrogen-bond acceptors (Lipinski definition) is 6. The molecule has 1 N–H and O–H groups in total. The standard InChI is InChI=1S/C21H23FN2O5S/c1-21(2,3)29-20(27)23-15-11-30-17-13(19(26)28-4)10-24(18(25)16(15)17)9-12-7-5-6-8-14(12)22/h5-8,10,15H,9,11H2,1-4H3,(H,23,27)/t15-/m0/s1. The molecule has 30 heavy (non-hydrogen) atoms. The number of aromatic nitrogens is 1. The topological polar surface area (TPSA) is 86.6 Å². The Bertz CT molecular complexity index is 1040. The van der Waals surface area contributed by atoms with Gasteiger partial charge in [0.2, 0.25) is 0 Å². The zero-order valence-electron chi connectivity index (χ0n) is 17.2. The molecule has 1 aliphatic heterocycles. The van der Waals surface area contributed by atoms with Crippen molar-refractivity contribution in [3.8, 4) is 0 Å². The van der Waals surface area contributed by atoms with Crippen molar-refractivity contribution in [2.24, 2.45) is 0 Å². The second-order valence-electron chi connectivity index (χ2n) is 7.81. The van der Waals surface area contributed by atoms with Crippen LogP contribution in [-0.4, -0.2) is 35.1 Å². The van der Waals surface area contributed by atoms with Crippen molar-refractivity contribution in [1.29, 1.82) is 0 Å². The molecule has 1 aromatic carbocycles. The van der Waals surface area contributed by atoms with E-state index in [1.807, 2.05) is 0 Å². The number of fused-ring (bicyclic) bond motifs is 1. The highest BCUT2D eigenvalue weighted by molar-refractivity contribution is 7.99. The van der Waals surface area contributed by atoms with Crippen molar-refractivity contribution in [2.45, 2.75) is 43.9 Å². The molecule has 7 nitrogen and oxygen atoms in total. The Labute approximate surface area is 177 Å². The fraction of sp³-hybridized carbons (Fsp3) is 0.381. The Balaban J connectivity index is 2.03. The minimum Gasteiger partial charge on any atom is -0.465 e. The van der Waals surface area contributed by atoms with Gasteiger partial charge in [0.05, 0.1) is 30.8 Å². The molecule has 9 heteroatoms.